The van der Waals surface area contributed by atoms with Crippen LogP contribution in [0.1, 0.15) is 11.1 Å². The maximum atomic E-state index is 8.22. The van der Waals surface area contributed by atoms with Gasteiger partial charge < -0.3 is 5.21 Å². The van der Waals surface area contributed by atoms with Crippen molar-refractivity contribution in [1.82, 2.24) is 0 Å². The Morgan fingerprint density at radius 2 is 2.27 bits per heavy atom. The van der Waals surface area contributed by atoms with Crippen molar-refractivity contribution >= 4 is 17.8 Å². The molecule has 0 spiro atoms. The van der Waals surface area contributed by atoms with Crippen LogP contribution in [0.5, 0.6) is 0 Å². The van der Waals surface area contributed by atoms with Crippen LogP contribution in [0.3, 0.4) is 0 Å². The third-order valence-corrected chi connectivity index (χ3v) is 1.68. The molecule has 0 heterocycles. The Bertz CT molecular complexity index is 283. The number of oxime groups is 1. The SMILES string of the molecule is Cc1ccc(C=NO)c(Cl)c1. The normalized spacial score (nSPS) is 10.7. The number of benzene rings is 1. The van der Waals surface area contributed by atoms with Gasteiger partial charge >= 0.3 is 0 Å². The summed E-state index contributed by atoms with van der Waals surface area (Å²) >= 11 is 5.81. The fourth-order valence-corrected chi connectivity index (χ4v) is 1.08. The highest BCUT2D eigenvalue weighted by Crippen LogP contribution is 2.15. The minimum atomic E-state index is 0.600. The molecular weight excluding hydrogens is 162 g/mol. The molecule has 58 valence electrons. The molecule has 0 aliphatic rings. The van der Waals surface area contributed by atoms with E-state index >= 15 is 0 Å². The Kier molecular flexibility index (Phi) is 2.49. The van der Waals surface area contributed by atoms with Crippen molar-refractivity contribution in [3.63, 3.8) is 0 Å². The molecule has 1 N–H and O–H groups in total. The van der Waals surface area contributed by atoms with Gasteiger partial charge in [-0.3, -0.25) is 0 Å². The smallest absolute Gasteiger partial charge is 0.0748 e. The topological polar surface area (TPSA) is 32.6 Å². The Labute approximate surface area is 70.1 Å². The first-order valence-corrected chi connectivity index (χ1v) is 3.55. The van der Waals surface area contributed by atoms with Crippen molar-refractivity contribution in [3.8, 4) is 0 Å². The van der Waals surface area contributed by atoms with E-state index < -0.39 is 0 Å². The first-order valence-electron chi connectivity index (χ1n) is 3.17. The second-order valence-corrected chi connectivity index (χ2v) is 2.68. The minimum Gasteiger partial charge on any atom is -0.411 e. The summed E-state index contributed by atoms with van der Waals surface area (Å²) in [4.78, 5) is 0. The molecule has 0 radical (unpaired) electrons. The molecule has 1 rings (SSSR count). The van der Waals surface area contributed by atoms with E-state index in [-0.39, 0.29) is 0 Å². The van der Waals surface area contributed by atoms with Gasteiger partial charge in [-0.25, -0.2) is 0 Å². The highest BCUT2D eigenvalue weighted by molar-refractivity contribution is 6.33. The second kappa shape index (κ2) is 3.39. The monoisotopic (exact) mass is 169 g/mol. The van der Waals surface area contributed by atoms with Crippen LogP contribution in [0.15, 0.2) is 23.4 Å². The van der Waals surface area contributed by atoms with Crippen LogP contribution >= 0.6 is 11.6 Å². The van der Waals surface area contributed by atoms with Crippen molar-refractivity contribution in [2.24, 2.45) is 5.16 Å². The maximum absolute atomic E-state index is 8.22. The van der Waals surface area contributed by atoms with E-state index in [0.29, 0.717) is 5.02 Å². The van der Waals surface area contributed by atoms with Gasteiger partial charge in [-0.05, 0) is 18.6 Å². The summed E-state index contributed by atoms with van der Waals surface area (Å²) in [5.41, 5.74) is 1.81. The molecule has 0 amide bonds. The molecule has 0 saturated carbocycles. The van der Waals surface area contributed by atoms with Crippen LogP contribution in [0.2, 0.25) is 5.02 Å². The molecule has 1 aromatic rings. The number of hydrogen-bond acceptors (Lipinski definition) is 2. The number of halogens is 1. The summed E-state index contributed by atoms with van der Waals surface area (Å²) in [6.45, 7) is 1.95. The van der Waals surface area contributed by atoms with Gasteiger partial charge in [0.15, 0.2) is 0 Å². The van der Waals surface area contributed by atoms with Crippen molar-refractivity contribution < 1.29 is 5.21 Å². The Morgan fingerprint density at radius 3 is 2.82 bits per heavy atom. The lowest BCUT2D eigenvalue weighted by atomic mass is 10.2. The largest absolute Gasteiger partial charge is 0.411 e. The summed E-state index contributed by atoms with van der Waals surface area (Å²) in [5, 5.41) is 11.7. The molecule has 0 unspecified atom stereocenters. The minimum absolute atomic E-state index is 0.600. The molecular formula is C8H8ClNO. The number of aryl methyl sites for hydroxylation is 1. The fourth-order valence-electron chi connectivity index (χ4n) is 0.799. The van der Waals surface area contributed by atoms with Crippen molar-refractivity contribution in [2.45, 2.75) is 6.92 Å². The quantitative estimate of drug-likeness (QED) is 0.391. The fraction of sp³-hybridized carbons (Fsp3) is 0.125. The molecule has 0 aliphatic carbocycles. The Morgan fingerprint density at radius 1 is 1.55 bits per heavy atom. The van der Waals surface area contributed by atoms with Crippen molar-refractivity contribution in [3.05, 3.63) is 34.3 Å². The van der Waals surface area contributed by atoms with E-state index in [0.717, 1.165) is 11.1 Å². The molecule has 0 saturated heterocycles. The predicted octanol–water partition coefficient (Wildman–Crippen LogP) is 2.46. The van der Waals surface area contributed by atoms with E-state index in [9.17, 15) is 0 Å². The second-order valence-electron chi connectivity index (χ2n) is 2.27. The number of hydrogen-bond donors (Lipinski definition) is 1. The molecule has 0 bridgehead atoms. The standard InChI is InChI=1S/C8H8ClNO/c1-6-2-3-7(5-10-11)8(9)4-6/h2-5,11H,1H3. The Balaban J connectivity index is 3.09. The third kappa shape index (κ3) is 1.95. The van der Waals surface area contributed by atoms with E-state index in [1.165, 1.54) is 6.21 Å². The zero-order chi connectivity index (χ0) is 8.27. The van der Waals surface area contributed by atoms with Crippen LogP contribution < -0.4 is 0 Å². The molecule has 3 heteroatoms. The van der Waals surface area contributed by atoms with Gasteiger partial charge in [-0.2, -0.15) is 0 Å². The average Bonchev–Trinajstić information content (AvgIpc) is 1.95. The molecule has 0 atom stereocenters. The van der Waals surface area contributed by atoms with Gasteiger partial charge in [-0.15, -0.1) is 0 Å². The third-order valence-electron chi connectivity index (χ3n) is 1.35. The van der Waals surface area contributed by atoms with Crippen LogP contribution in [0, 0.1) is 6.92 Å². The van der Waals surface area contributed by atoms with Crippen LogP contribution in [-0.4, -0.2) is 11.4 Å². The maximum Gasteiger partial charge on any atom is 0.0748 e. The van der Waals surface area contributed by atoms with E-state index in [1.54, 1.807) is 6.07 Å². The van der Waals surface area contributed by atoms with Crippen molar-refractivity contribution in [2.75, 3.05) is 0 Å². The molecule has 0 fully saturated rings. The van der Waals surface area contributed by atoms with E-state index in [1.807, 2.05) is 19.1 Å². The van der Waals surface area contributed by atoms with Gasteiger partial charge in [0.2, 0.25) is 0 Å². The number of rotatable bonds is 1. The summed E-state index contributed by atoms with van der Waals surface area (Å²) in [6.07, 6.45) is 1.31. The highest BCUT2D eigenvalue weighted by atomic mass is 35.5. The lowest BCUT2D eigenvalue weighted by Crippen LogP contribution is -1.83. The van der Waals surface area contributed by atoms with Gasteiger partial charge in [0, 0.05) is 10.6 Å². The van der Waals surface area contributed by atoms with E-state index in [4.69, 9.17) is 16.8 Å². The van der Waals surface area contributed by atoms with Gasteiger partial charge in [0.1, 0.15) is 0 Å². The molecule has 11 heavy (non-hydrogen) atoms. The lowest BCUT2D eigenvalue weighted by Gasteiger charge is -1.96. The summed E-state index contributed by atoms with van der Waals surface area (Å²) in [6, 6.07) is 5.53. The van der Waals surface area contributed by atoms with E-state index in [2.05, 4.69) is 5.16 Å². The number of nitrogens with zero attached hydrogens (tertiary/aromatic N) is 1. The molecule has 2 nitrogen and oxygen atoms in total. The first kappa shape index (κ1) is 8.08. The lowest BCUT2D eigenvalue weighted by molar-refractivity contribution is 0.322. The zero-order valence-corrected chi connectivity index (χ0v) is 6.84. The van der Waals surface area contributed by atoms with Crippen LogP contribution in [-0.2, 0) is 0 Å². The van der Waals surface area contributed by atoms with Crippen molar-refractivity contribution in [1.29, 1.82) is 0 Å². The predicted molar refractivity (Wildman–Crippen MR) is 45.6 cm³/mol. The Hall–Kier alpha value is -1.02. The average molecular weight is 170 g/mol. The molecule has 0 aromatic heterocycles. The summed E-state index contributed by atoms with van der Waals surface area (Å²) in [7, 11) is 0. The first-order chi connectivity index (χ1) is 5.24. The summed E-state index contributed by atoms with van der Waals surface area (Å²) in [5.74, 6) is 0. The molecule has 1 aromatic carbocycles. The van der Waals surface area contributed by atoms with Crippen LogP contribution in [0.25, 0.3) is 0 Å². The zero-order valence-electron chi connectivity index (χ0n) is 6.08. The van der Waals surface area contributed by atoms with Crippen LogP contribution in [0.4, 0.5) is 0 Å². The van der Waals surface area contributed by atoms with Gasteiger partial charge in [0.05, 0.1) is 6.21 Å². The van der Waals surface area contributed by atoms with Gasteiger partial charge in [0.25, 0.3) is 0 Å². The summed E-state index contributed by atoms with van der Waals surface area (Å²) < 4.78 is 0. The van der Waals surface area contributed by atoms with Gasteiger partial charge in [-0.1, -0.05) is 28.9 Å². The highest BCUT2D eigenvalue weighted by Gasteiger charge is 1.95. The molecule has 0 aliphatic heterocycles.